The van der Waals surface area contributed by atoms with Crippen LogP contribution in [0.4, 0.5) is 9.59 Å². The molecule has 4 amide bonds. The molecule has 0 radical (unpaired) electrons. The number of alkyl carbamates (subject to hydrolysis) is 2. The summed E-state index contributed by atoms with van der Waals surface area (Å²) in [5.74, 6) is 2.27. The van der Waals surface area contributed by atoms with Crippen molar-refractivity contribution in [1.29, 1.82) is 0 Å². The molecule has 2 saturated heterocycles. The van der Waals surface area contributed by atoms with Gasteiger partial charge in [-0.15, -0.1) is 11.3 Å². The van der Waals surface area contributed by atoms with Gasteiger partial charge in [-0.25, -0.2) is 19.6 Å². The second-order valence-corrected chi connectivity index (χ2v) is 20.0. The number of fused-ring (bicyclic) bond motifs is 6. The normalized spacial score (nSPS) is 18.4. The molecule has 4 aromatic heterocycles. The smallest absolute Gasteiger partial charge is 0.407 e. The topological polar surface area (TPSA) is 198 Å². The number of benzene rings is 3. The summed E-state index contributed by atoms with van der Waals surface area (Å²) in [6.45, 7) is 8.73. The monoisotopic (exact) mass is 967 g/mol. The summed E-state index contributed by atoms with van der Waals surface area (Å²) in [5, 5.41) is 7.52. The quantitative estimate of drug-likeness (QED) is 0.0916. The van der Waals surface area contributed by atoms with Crippen molar-refractivity contribution in [3.8, 4) is 45.3 Å². The van der Waals surface area contributed by atoms with Gasteiger partial charge in [-0.2, -0.15) is 0 Å². The lowest BCUT2D eigenvalue weighted by Crippen LogP contribution is -2.51. The van der Waals surface area contributed by atoms with Crippen LogP contribution >= 0.6 is 11.3 Å². The summed E-state index contributed by atoms with van der Waals surface area (Å²) in [5.41, 5.74) is 6.36. The summed E-state index contributed by atoms with van der Waals surface area (Å²) < 4.78 is 25.7. The molecule has 70 heavy (non-hydrogen) atoms. The molecule has 18 heteroatoms. The number of hydrogen-bond acceptors (Lipinski definition) is 11. The largest absolute Gasteiger partial charge is 0.497 e. The van der Waals surface area contributed by atoms with Crippen LogP contribution in [0.5, 0.6) is 11.5 Å². The lowest BCUT2D eigenvalue weighted by molar-refractivity contribution is -0.136. The average Bonchev–Trinajstić information content (AvgIpc) is 4.23. The first-order valence-corrected chi connectivity index (χ1v) is 24.6. The molecule has 2 fully saturated rings. The summed E-state index contributed by atoms with van der Waals surface area (Å²) >= 11 is 1.68. The van der Waals surface area contributed by atoms with Crippen LogP contribution in [0.2, 0.25) is 0 Å². The average molecular weight is 968 g/mol. The summed E-state index contributed by atoms with van der Waals surface area (Å²) in [6, 6.07) is 21.0. The van der Waals surface area contributed by atoms with E-state index in [1.54, 1.807) is 24.6 Å². The van der Waals surface area contributed by atoms with E-state index in [0.29, 0.717) is 30.5 Å². The number of nitrogens with zero attached hydrogens (tertiary/aromatic N) is 5. The fourth-order valence-electron chi connectivity index (χ4n) is 10.2. The van der Waals surface area contributed by atoms with Crippen molar-refractivity contribution in [2.75, 3.05) is 34.4 Å². The molecule has 0 aliphatic carbocycles. The molecule has 0 saturated carbocycles. The van der Waals surface area contributed by atoms with Gasteiger partial charge in [-0.1, -0.05) is 39.8 Å². The van der Waals surface area contributed by atoms with Gasteiger partial charge >= 0.3 is 12.2 Å². The van der Waals surface area contributed by atoms with E-state index in [4.69, 9.17) is 28.9 Å². The highest BCUT2D eigenvalue weighted by atomic mass is 32.1. The van der Waals surface area contributed by atoms with Gasteiger partial charge in [0.05, 0.1) is 73.3 Å². The van der Waals surface area contributed by atoms with Crippen molar-refractivity contribution < 1.29 is 38.1 Å². The number of hydrogen-bond donors (Lipinski definition) is 4. The molecular formula is C52H57N9O8S. The second kappa shape index (κ2) is 18.9. The first-order chi connectivity index (χ1) is 33.8. The zero-order valence-corrected chi connectivity index (χ0v) is 41.0. The fraction of sp³-hybridized carbons (Fsp3) is 0.385. The van der Waals surface area contributed by atoms with Gasteiger partial charge in [-0.05, 0) is 97.5 Å². The van der Waals surface area contributed by atoms with Crippen LogP contribution in [0.3, 0.4) is 0 Å². The van der Waals surface area contributed by atoms with E-state index in [1.807, 2.05) is 61.9 Å². The van der Waals surface area contributed by atoms with Crippen LogP contribution in [0.1, 0.15) is 88.2 Å². The van der Waals surface area contributed by atoms with Crippen molar-refractivity contribution in [2.45, 2.75) is 83.8 Å². The van der Waals surface area contributed by atoms with Crippen molar-refractivity contribution in [1.82, 2.24) is 44.9 Å². The Morgan fingerprint density at radius 2 is 1.30 bits per heavy atom. The van der Waals surface area contributed by atoms with Crippen LogP contribution in [-0.4, -0.2) is 105 Å². The molecule has 7 aromatic rings. The number of amides is 4. The third-order valence-corrected chi connectivity index (χ3v) is 15.0. The van der Waals surface area contributed by atoms with Crippen LogP contribution in [-0.2, 0) is 19.1 Å². The van der Waals surface area contributed by atoms with Crippen molar-refractivity contribution in [3.63, 3.8) is 0 Å². The molecule has 7 heterocycles. The van der Waals surface area contributed by atoms with E-state index >= 15 is 0 Å². The van der Waals surface area contributed by atoms with E-state index in [2.05, 4.69) is 73.7 Å². The number of thiophene rings is 1. The molecule has 1 unspecified atom stereocenters. The second-order valence-electron chi connectivity index (χ2n) is 18.9. The van der Waals surface area contributed by atoms with Crippen molar-refractivity contribution in [2.24, 2.45) is 11.8 Å². The van der Waals surface area contributed by atoms with E-state index in [1.165, 1.54) is 14.2 Å². The summed E-state index contributed by atoms with van der Waals surface area (Å²) in [7, 11) is 4.25. The van der Waals surface area contributed by atoms with E-state index in [-0.39, 0.29) is 35.7 Å². The Bertz CT molecular complexity index is 3130. The summed E-state index contributed by atoms with van der Waals surface area (Å²) in [6.07, 6.45) is 4.96. The van der Waals surface area contributed by atoms with Gasteiger partial charge in [0, 0.05) is 39.9 Å². The highest BCUT2D eigenvalue weighted by Crippen LogP contribution is 2.48. The van der Waals surface area contributed by atoms with Gasteiger partial charge < -0.3 is 49.3 Å². The first-order valence-electron chi connectivity index (χ1n) is 23.8. The van der Waals surface area contributed by atoms with Crippen molar-refractivity contribution in [3.05, 3.63) is 95.6 Å². The Balaban J connectivity index is 0.974. The number of nitrogens with one attached hydrogen (secondary N) is 4. The number of H-pyrrole nitrogens is 2. The number of methoxy groups -OCH3 is 3. The van der Waals surface area contributed by atoms with Crippen LogP contribution in [0.15, 0.2) is 79.1 Å². The van der Waals surface area contributed by atoms with Gasteiger partial charge in [0.2, 0.25) is 18.0 Å². The standard InChI is InChI=1S/C52H57N9O8S/c1-27(2)44(57-51(64)67-6)48(62)59-18-8-10-38(59)46-53-25-35(55-46)29-13-16-37-31(20-29)22-40-34-15-12-30(23-41(34)69-50(61(37)40)43-24-32-21-33(66-5)14-17-42(32)70-43)36-26-54-47(56-36)39-11-9-19-60(39)49(63)45(28(3)4)58-52(65)68-7/h12-17,20-28,38-39,44-45,50H,8-11,18-19H2,1-7H3,(H,53,55)(H,54,56)(H,57,64)(H,58,65)/t38-,39-,44-,45-,50?/m0/s1. The van der Waals surface area contributed by atoms with E-state index in [0.717, 1.165) is 91.1 Å². The third-order valence-electron chi connectivity index (χ3n) is 13.9. The molecular weight excluding hydrogens is 911 g/mol. The number of likely N-dealkylation sites (tertiary alicyclic amines) is 2. The lowest BCUT2D eigenvalue weighted by Gasteiger charge is -2.30. The Kier molecular flexibility index (Phi) is 12.5. The lowest BCUT2D eigenvalue weighted by atomic mass is 10.0. The Labute approximate surface area is 408 Å². The van der Waals surface area contributed by atoms with Crippen LogP contribution in [0.25, 0.3) is 54.8 Å². The maximum absolute atomic E-state index is 13.9. The Morgan fingerprint density at radius 1 is 0.714 bits per heavy atom. The number of carbonyl (C=O) groups excluding carboxylic acids is 4. The van der Waals surface area contributed by atoms with E-state index in [9.17, 15) is 19.2 Å². The molecule has 5 atom stereocenters. The minimum absolute atomic E-state index is 0.137. The molecule has 3 aliphatic rings. The molecule has 364 valence electrons. The molecule has 0 bridgehead atoms. The first kappa shape index (κ1) is 46.4. The Morgan fingerprint density at radius 3 is 1.87 bits per heavy atom. The molecule has 3 aromatic carbocycles. The molecule has 17 nitrogen and oxygen atoms in total. The molecule has 3 aliphatic heterocycles. The highest BCUT2D eigenvalue weighted by Gasteiger charge is 2.39. The minimum atomic E-state index is -0.730. The Hall–Kier alpha value is -7.34. The van der Waals surface area contributed by atoms with E-state index < -0.39 is 30.5 Å². The van der Waals surface area contributed by atoms with Gasteiger partial charge in [-0.3, -0.25) is 14.2 Å². The number of carbonyl (C=O) groups is 4. The maximum atomic E-state index is 13.9. The predicted molar refractivity (Wildman–Crippen MR) is 265 cm³/mol. The third kappa shape index (κ3) is 8.47. The summed E-state index contributed by atoms with van der Waals surface area (Å²) in [4.78, 5) is 73.3. The van der Waals surface area contributed by atoms with Gasteiger partial charge in [0.25, 0.3) is 0 Å². The predicted octanol–water partition coefficient (Wildman–Crippen LogP) is 9.34. The zero-order valence-electron chi connectivity index (χ0n) is 40.2. The maximum Gasteiger partial charge on any atom is 0.407 e. The van der Waals surface area contributed by atoms with Crippen LogP contribution < -0.4 is 20.1 Å². The molecule has 4 N–H and O–H groups in total. The number of ether oxygens (including phenoxy) is 4. The number of rotatable bonds is 12. The minimum Gasteiger partial charge on any atom is -0.497 e. The molecule has 0 spiro atoms. The van der Waals surface area contributed by atoms with Crippen LogP contribution in [0, 0.1) is 11.8 Å². The zero-order chi connectivity index (χ0) is 49.0. The number of aromatic nitrogens is 5. The van der Waals surface area contributed by atoms with Gasteiger partial charge in [0.1, 0.15) is 35.2 Å². The SMILES string of the molecule is COC(=O)N[C@H](C(=O)N1CCC[C@H]1c1ncc(-c2ccc3c(c2)OC(c2cc4cc(OC)ccc4s2)n2c-3cc3cc(-c4cnc([C@@H]5CCCN5C(=O)[C@@H](NC(=O)OC)C(C)C)[nH]4)ccc32)[nH]1)C(C)C. The fourth-order valence-corrected chi connectivity index (χ4v) is 11.3. The van der Waals surface area contributed by atoms with Gasteiger partial charge in [0.15, 0.2) is 0 Å². The molecule has 10 rings (SSSR count). The number of aromatic amines is 2. The van der Waals surface area contributed by atoms with Crippen molar-refractivity contribution >= 4 is 56.3 Å². The highest BCUT2D eigenvalue weighted by molar-refractivity contribution is 7.19. The number of imidazole rings is 2.